The Labute approximate surface area is 115 Å². The molecule has 0 spiro atoms. The summed E-state index contributed by atoms with van der Waals surface area (Å²) in [5.41, 5.74) is 3.28. The van der Waals surface area contributed by atoms with Crippen molar-refractivity contribution in [3.8, 4) is 0 Å². The van der Waals surface area contributed by atoms with Gasteiger partial charge < -0.3 is 10.2 Å². The molecule has 0 aromatic heterocycles. The van der Waals surface area contributed by atoms with Crippen LogP contribution in [0.25, 0.3) is 0 Å². The fraction of sp³-hybridized carbons (Fsp3) is 0.438. The maximum absolute atomic E-state index is 11.7. The van der Waals surface area contributed by atoms with Gasteiger partial charge in [0, 0.05) is 30.4 Å². The molecule has 0 unspecified atom stereocenters. The van der Waals surface area contributed by atoms with Crippen molar-refractivity contribution in [2.24, 2.45) is 0 Å². The molecule has 19 heavy (non-hydrogen) atoms. The number of hydrogen-bond donors (Lipinski definition) is 1. The van der Waals surface area contributed by atoms with Crippen LogP contribution in [0.4, 0.5) is 0 Å². The lowest BCUT2D eigenvalue weighted by Gasteiger charge is -2.29. The van der Waals surface area contributed by atoms with Crippen LogP contribution in [0.2, 0.25) is 0 Å². The molecule has 0 aliphatic carbocycles. The number of hydrogen-bond acceptors (Lipinski definition) is 3. The highest BCUT2D eigenvalue weighted by Gasteiger charge is 2.20. The molecule has 1 atom stereocenters. The van der Waals surface area contributed by atoms with Gasteiger partial charge in [-0.05, 0) is 32.9 Å². The van der Waals surface area contributed by atoms with Gasteiger partial charge in [-0.15, -0.1) is 0 Å². The second-order valence-electron chi connectivity index (χ2n) is 5.28. The van der Waals surface area contributed by atoms with Gasteiger partial charge in [0.1, 0.15) is 0 Å². The van der Waals surface area contributed by atoms with Gasteiger partial charge in [0.2, 0.25) is 0 Å². The molecule has 0 bridgehead atoms. The average molecular weight is 258 g/mol. The summed E-state index contributed by atoms with van der Waals surface area (Å²) in [6.45, 7) is 5.58. The first kappa shape index (κ1) is 13.8. The summed E-state index contributed by atoms with van der Waals surface area (Å²) in [6, 6.07) is 10.5. The van der Waals surface area contributed by atoms with Gasteiger partial charge in [0.25, 0.3) is 0 Å². The molecule has 0 saturated heterocycles. The number of likely N-dealkylation sites (N-methyl/N-ethyl adjacent to an activating group) is 1. The number of rotatable bonds is 4. The molecular formula is C16H22N2O. The number of Topliss-reactive ketones (excluding diaryl/α,β-unsaturated/α-hetero) is 1. The van der Waals surface area contributed by atoms with Gasteiger partial charge in [-0.3, -0.25) is 4.79 Å². The molecule has 1 heterocycles. The molecule has 0 amide bonds. The van der Waals surface area contributed by atoms with Crippen molar-refractivity contribution in [2.45, 2.75) is 26.3 Å². The minimum atomic E-state index is 0.191. The monoisotopic (exact) mass is 258 g/mol. The topological polar surface area (TPSA) is 32.3 Å². The Balaban J connectivity index is 2.17. The summed E-state index contributed by atoms with van der Waals surface area (Å²) in [5.74, 6) is 0.191. The van der Waals surface area contributed by atoms with Crippen molar-refractivity contribution in [3.05, 3.63) is 47.2 Å². The maximum Gasteiger partial charge on any atom is 0.157 e. The largest absolute Gasteiger partial charge is 0.380 e. The van der Waals surface area contributed by atoms with Gasteiger partial charge in [0.05, 0.1) is 0 Å². The lowest BCUT2D eigenvalue weighted by atomic mass is 10.0. The number of nitrogens with zero attached hydrogens (tertiary/aromatic N) is 1. The standard InChI is InChI=1S/C16H22N2O/c1-12(14-7-5-4-6-8-14)17-16-11-18(3)10-9-15(16)13(2)19/h4-8,12,17H,9-11H2,1-3H3/t12-/m1/s1. The first-order valence-corrected chi connectivity index (χ1v) is 6.81. The molecule has 0 radical (unpaired) electrons. The van der Waals surface area contributed by atoms with E-state index in [0.29, 0.717) is 0 Å². The highest BCUT2D eigenvalue weighted by molar-refractivity contribution is 5.94. The molecule has 0 fully saturated rings. The van der Waals surface area contributed by atoms with Gasteiger partial charge >= 0.3 is 0 Å². The lowest BCUT2D eigenvalue weighted by Crippen LogP contribution is -2.36. The molecule has 1 aromatic rings. The van der Waals surface area contributed by atoms with Crippen LogP contribution >= 0.6 is 0 Å². The zero-order valence-electron chi connectivity index (χ0n) is 11.9. The predicted octanol–water partition coefficient (Wildman–Crippen LogP) is 2.52. The molecule has 1 N–H and O–H groups in total. The van der Waals surface area contributed by atoms with Crippen molar-refractivity contribution in [1.82, 2.24) is 10.2 Å². The fourth-order valence-electron chi connectivity index (χ4n) is 2.51. The third kappa shape index (κ3) is 3.44. The number of carbonyl (C=O) groups is 1. The minimum absolute atomic E-state index is 0.191. The molecule has 1 aromatic carbocycles. The van der Waals surface area contributed by atoms with Gasteiger partial charge in [0.15, 0.2) is 5.78 Å². The van der Waals surface area contributed by atoms with Crippen LogP contribution in [-0.4, -0.2) is 30.8 Å². The molecule has 102 valence electrons. The Kier molecular flexibility index (Phi) is 4.38. The highest BCUT2D eigenvalue weighted by atomic mass is 16.1. The third-order valence-corrected chi connectivity index (χ3v) is 3.65. The van der Waals surface area contributed by atoms with E-state index in [-0.39, 0.29) is 11.8 Å². The van der Waals surface area contributed by atoms with E-state index in [4.69, 9.17) is 0 Å². The molecule has 0 saturated carbocycles. The van der Waals surface area contributed by atoms with Gasteiger partial charge in [-0.1, -0.05) is 30.3 Å². The van der Waals surface area contributed by atoms with Crippen LogP contribution < -0.4 is 5.32 Å². The van der Waals surface area contributed by atoms with Crippen LogP contribution in [0.5, 0.6) is 0 Å². The van der Waals surface area contributed by atoms with Gasteiger partial charge in [-0.2, -0.15) is 0 Å². The van der Waals surface area contributed by atoms with Crippen molar-refractivity contribution in [3.63, 3.8) is 0 Å². The minimum Gasteiger partial charge on any atom is -0.380 e. The zero-order chi connectivity index (χ0) is 13.8. The van der Waals surface area contributed by atoms with E-state index in [1.54, 1.807) is 6.92 Å². The van der Waals surface area contributed by atoms with E-state index in [0.717, 1.165) is 30.8 Å². The maximum atomic E-state index is 11.7. The summed E-state index contributed by atoms with van der Waals surface area (Å²) in [7, 11) is 2.09. The Morgan fingerprint density at radius 3 is 2.63 bits per heavy atom. The van der Waals surface area contributed by atoms with Crippen LogP contribution in [-0.2, 0) is 4.79 Å². The van der Waals surface area contributed by atoms with Crippen LogP contribution in [0, 0.1) is 0 Å². The molecule has 2 rings (SSSR count). The van der Waals surface area contributed by atoms with Crippen molar-refractivity contribution >= 4 is 5.78 Å². The summed E-state index contributed by atoms with van der Waals surface area (Å²) in [6.07, 6.45) is 0.843. The van der Waals surface area contributed by atoms with E-state index >= 15 is 0 Å². The molecule has 1 aliphatic rings. The Morgan fingerprint density at radius 1 is 1.32 bits per heavy atom. The van der Waals surface area contributed by atoms with E-state index in [1.807, 2.05) is 18.2 Å². The second kappa shape index (κ2) is 6.02. The SMILES string of the molecule is CC(=O)C1=C(N[C@H](C)c2ccccc2)CN(C)CC1. The smallest absolute Gasteiger partial charge is 0.157 e. The van der Waals surface area contributed by atoms with E-state index in [1.165, 1.54) is 5.56 Å². The highest BCUT2D eigenvalue weighted by Crippen LogP contribution is 2.20. The molecular weight excluding hydrogens is 236 g/mol. The Bertz CT molecular complexity index is 479. The van der Waals surface area contributed by atoms with Crippen molar-refractivity contribution < 1.29 is 4.79 Å². The lowest BCUT2D eigenvalue weighted by molar-refractivity contribution is -0.114. The predicted molar refractivity (Wildman–Crippen MR) is 77.8 cm³/mol. The summed E-state index contributed by atoms with van der Waals surface area (Å²) in [4.78, 5) is 14.0. The summed E-state index contributed by atoms with van der Waals surface area (Å²) < 4.78 is 0. The quantitative estimate of drug-likeness (QED) is 0.900. The van der Waals surface area contributed by atoms with E-state index in [2.05, 4.69) is 36.3 Å². The van der Waals surface area contributed by atoms with E-state index < -0.39 is 0 Å². The summed E-state index contributed by atoms with van der Waals surface area (Å²) >= 11 is 0. The van der Waals surface area contributed by atoms with Crippen molar-refractivity contribution in [2.75, 3.05) is 20.1 Å². The number of benzene rings is 1. The Morgan fingerprint density at radius 2 is 2.00 bits per heavy atom. The number of ketones is 1. The summed E-state index contributed by atoms with van der Waals surface area (Å²) in [5, 5.41) is 3.51. The Hall–Kier alpha value is -1.61. The molecule has 3 heteroatoms. The number of carbonyl (C=O) groups excluding carboxylic acids is 1. The molecule has 3 nitrogen and oxygen atoms in total. The first-order chi connectivity index (χ1) is 9.08. The fourth-order valence-corrected chi connectivity index (χ4v) is 2.51. The normalized spacial score (nSPS) is 18.3. The first-order valence-electron chi connectivity index (χ1n) is 6.81. The van der Waals surface area contributed by atoms with E-state index in [9.17, 15) is 4.79 Å². The molecule has 1 aliphatic heterocycles. The zero-order valence-corrected chi connectivity index (χ0v) is 11.9. The second-order valence-corrected chi connectivity index (χ2v) is 5.28. The number of nitrogens with one attached hydrogen (secondary N) is 1. The average Bonchev–Trinajstić information content (AvgIpc) is 2.39. The third-order valence-electron chi connectivity index (χ3n) is 3.65. The van der Waals surface area contributed by atoms with Gasteiger partial charge in [-0.25, -0.2) is 0 Å². The van der Waals surface area contributed by atoms with Crippen LogP contribution in [0.15, 0.2) is 41.6 Å². The van der Waals surface area contributed by atoms with Crippen LogP contribution in [0.3, 0.4) is 0 Å². The van der Waals surface area contributed by atoms with Crippen LogP contribution in [0.1, 0.15) is 31.9 Å². The van der Waals surface area contributed by atoms with Crippen molar-refractivity contribution in [1.29, 1.82) is 0 Å².